The molecule has 0 unspecified atom stereocenters. The van der Waals surface area contributed by atoms with Crippen LogP contribution in [-0.4, -0.2) is 44.9 Å². The topological polar surface area (TPSA) is 84.9 Å². The predicted octanol–water partition coefficient (Wildman–Crippen LogP) is 4.94. The lowest BCUT2D eigenvalue weighted by atomic mass is 10.1. The Labute approximate surface area is 206 Å². The Morgan fingerprint density at radius 1 is 0.886 bits per heavy atom. The van der Waals surface area contributed by atoms with Gasteiger partial charge < -0.3 is 14.8 Å². The summed E-state index contributed by atoms with van der Waals surface area (Å²) in [6.45, 7) is 2.89. The molecule has 3 aromatic rings. The minimum absolute atomic E-state index is 0.0643. The highest BCUT2D eigenvalue weighted by Crippen LogP contribution is 2.32. The largest absolute Gasteiger partial charge is 0.492 e. The summed E-state index contributed by atoms with van der Waals surface area (Å²) in [6, 6.07) is 22.0. The molecule has 7 nitrogen and oxygen atoms in total. The summed E-state index contributed by atoms with van der Waals surface area (Å²) in [6.07, 6.45) is 2.69. The van der Waals surface area contributed by atoms with Crippen molar-refractivity contribution in [2.24, 2.45) is 0 Å². The van der Waals surface area contributed by atoms with Crippen LogP contribution in [0.1, 0.15) is 26.2 Å². The minimum atomic E-state index is -3.74. The van der Waals surface area contributed by atoms with Crippen LogP contribution in [0.5, 0.6) is 11.5 Å². The van der Waals surface area contributed by atoms with Gasteiger partial charge in [0.15, 0.2) is 6.61 Å². The molecule has 3 aromatic carbocycles. The summed E-state index contributed by atoms with van der Waals surface area (Å²) >= 11 is 0. The second kappa shape index (κ2) is 11.4. The predicted molar refractivity (Wildman–Crippen MR) is 136 cm³/mol. The third kappa shape index (κ3) is 6.01. The van der Waals surface area contributed by atoms with Crippen LogP contribution in [0, 0.1) is 0 Å². The van der Waals surface area contributed by atoms with E-state index in [-0.39, 0.29) is 17.3 Å². The van der Waals surface area contributed by atoms with Gasteiger partial charge in [0.05, 0.1) is 6.61 Å². The fraction of sp³-hybridized carbons (Fsp3) is 0.296. The molecule has 0 aliphatic carbocycles. The van der Waals surface area contributed by atoms with Gasteiger partial charge in [-0.25, -0.2) is 8.42 Å². The van der Waals surface area contributed by atoms with Gasteiger partial charge in [-0.1, -0.05) is 55.0 Å². The molecule has 1 aliphatic heterocycles. The van der Waals surface area contributed by atoms with Crippen molar-refractivity contribution < 1.29 is 22.7 Å². The lowest BCUT2D eigenvalue weighted by Gasteiger charge is -2.27. The molecule has 0 bridgehead atoms. The van der Waals surface area contributed by atoms with Crippen LogP contribution in [0.2, 0.25) is 0 Å². The van der Waals surface area contributed by atoms with Gasteiger partial charge in [0.1, 0.15) is 16.4 Å². The summed E-state index contributed by atoms with van der Waals surface area (Å²) < 4.78 is 39.5. The van der Waals surface area contributed by atoms with Gasteiger partial charge in [-0.15, -0.1) is 0 Å². The van der Waals surface area contributed by atoms with Gasteiger partial charge in [0.25, 0.3) is 5.91 Å². The van der Waals surface area contributed by atoms with E-state index in [1.807, 2.05) is 54.6 Å². The second-order valence-electron chi connectivity index (χ2n) is 8.26. The molecule has 1 fully saturated rings. The van der Waals surface area contributed by atoms with Gasteiger partial charge in [-0.05, 0) is 49.6 Å². The Hall–Kier alpha value is -3.36. The Morgan fingerprint density at radius 2 is 1.60 bits per heavy atom. The van der Waals surface area contributed by atoms with Gasteiger partial charge >= 0.3 is 0 Å². The van der Waals surface area contributed by atoms with Crippen molar-refractivity contribution >= 4 is 21.6 Å². The average Bonchev–Trinajstić information content (AvgIpc) is 2.89. The Bertz CT molecular complexity index is 1260. The lowest BCUT2D eigenvalue weighted by Crippen LogP contribution is -2.35. The maximum atomic E-state index is 13.3. The molecule has 0 radical (unpaired) electrons. The van der Waals surface area contributed by atoms with E-state index in [9.17, 15) is 13.2 Å². The highest BCUT2D eigenvalue weighted by molar-refractivity contribution is 7.89. The van der Waals surface area contributed by atoms with Gasteiger partial charge in [0, 0.05) is 24.3 Å². The maximum absolute atomic E-state index is 13.3. The number of benzene rings is 3. The molecule has 0 saturated carbocycles. The number of hydrogen-bond donors (Lipinski definition) is 1. The summed E-state index contributed by atoms with van der Waals surface area (Å²) in [5.41, 5.74) is 2.24. The Kier molecular flexibility index (Phi) is 8.05. The molecule has 4 rings (SSSR count). The molecule has 1 heterocycles. The van der Waals surface area contributed by atoms with E-state index in [1.54, 1.807) is 19.1 Å². The molecule has 35 heavy (non-hydrogen) atoms. The fourth-order valence-electron chi connectivity index (χ4n) is 4.10. The third-order valence-corrected chi connectivity index (χ3v) is 7.71. The Morgan fingerprint density at radius 3 is 2.34 bits per heavy atom. The van der Waals surface area contributed by atoms with E-state index < -0.39 is 15.9 Å². The van der Waals surface area contributed by atoms with E-state index in [0.717, 1.165) is 30.4 Å². The first-order chi connectivity index (χ1) is 17.0. The molecule has 1 saturated heterocycles. The quantitative estimate of drug-likeness (QED) is 0.455. The highest BCUT2D eigenvalue weighted by atomic mass is 32.2. The SMILES string of the molecule is CCOc1ccc(NC(=O)COc2ccccc2-c2ccccc2)cc1S(=O)(=O)N1CCCCC1. The second-order valence-corrected chi connectivity index (χ2v) is 10.2. The van der Waals surface area contributed by atoms with Crippen molar-refractivity contribution in [1.82, 2.24) is 4.31 Å². The van der Waals surface area contributed by atoms with Crippen LogP contribution in [0.3, 0.4) is 0 Å². The van der Waals surface area contributed by atoms with Crippen LogP contribution in [0.15, 0.2) is 77.7 Å². The standard InChI is InChI=1S/C27H30N2O5S/c1-2-33-25-16-15-22(19-26(25)35(31,32)29-17-9-4-10-18-29)28-27(30)20-34-24-14-8-7-13-23(24)21-11-5-3-6-12-21/h3,5-8,11-16,19H,2,4,9-10,17-18,20H2,1H3,(H,28,30). The third-order valence-electron chi connectivity index (χ3n) is 5.79. The molecule has 0 atom stereocenters. The van der Waals surface area contributed by atoms with E-state index in [1.165, 1.54) is 10.4 Å². The van der Waals surface area contributed by atoms with Crippen molar-refractivity contribution in [1.29, 1.82) is 0 Å². The molecule has 1 N–H and O–H groups in total. The van der Waals surface area contributed by atoms with Crippen LogP contribution < -0.4 is 14.8 Å². The highest BCUT2D eigenvalue weighted by Gasteiger charge is 2.29. The fourth-order valence-corrected chi connectivity index (χ4v) is 5.77. The first kappa shape index (κ1) is 24.8. The number of rotatable bonds is 9. The van der Waals surface area contributed by atoms with Crippen molar-refractivity contribution in [2.45, 2.75) is 31.1 Å². The number of ether oxygens (including phenoxy) is 2. The number of hydrogen-bond acceptors (Lipinski definition) is 5. The molecule has 1 aliphatic rings. The number of sulfonamides is 1. The zero-order valence-corrected chi connectivity index (χ0v) is 20.6. The minimum Gasteiger partial charge on any atom is -0.492 e. The molecule has 1 amide bonds. The van der Waals surface area contributed by atoms with Crippen molar-refractivity contribution in [3.05, 3.63) is 72.8 Å². The van der Waals surface area contributed by atoms with Crippen LogP contribution in [0.4, 0.5) is 5.69 Å². The van der Waals surface area contributed by atoms with E-state index in [4.69, 9.17) is 9.47 Å². The first-order valence-corrected chi connectivity index (χ1v) is 13.3. The molecule has 184 valence electrons. The van der Waals surface area contributed by atoms with Crippen LogP contribution in [-0.2, 0) is 14.8 Å². The van der Waals surface area contributed by atoms with E-state index >= 15 is 0 Å². The molecule has 0 spiro atoms. The number of carbonyl (C=O) groups excluding carboxylic acids is 1. The first-order valence-electron chi connectivity index (χ1n) is 11.8. The van der Waals surface area contributed by atoms with E-state index in [0.29, 0.717) is 31.1 Å². The zero-order valence-electron chi connectivity index (χ0n) is 19.8. The molecule has 8 heteroatoms. The normalized spacial score (nSPS) is 14.3. The monoisotopic (exact) mass is 494 g/mol. The average molecular weight is 495 g/mol. The zero-order chi connectivity index (χ0) is 24.7. The van der Waals surface area contributed by atoms with E-state index in [2.05, 4.69) is 5.32 Å². The number of amides is 1. The van der Waals surface area contributed by atoms with Gasteiger partial charge in [-0.3, -0.25) is 4.79 Å². The summed E-state index contributed by atoms with van der Waals surface area (Å²) in [7, 11) is -3.74. The number of nitrogens with one attached hydrogen (secondary N) is 1. The molecular formula is C27H30N2O5S. The molecule has 0 aromatic heterocycles. The van der Waals surface area contributed by atoms with Crippen molar-refractivity contribution in [3.8, 4) is 22.6 Å². The number of piperidine rings is 1. The number of anilines is 1. The summed E-state index contributed by atoms with van der Waals surface area (Å²) in [5, 5.41) is 2.75. The van der Waals surface area contributed by atoms with Crippen LogP contribution >= 0.6 is 0 Å². The van der Waals surface area contributed by atoms with Crippen molar-refractivity contribution in [3.63, 3.8) is 0 Å². The lowest BCUT2D eigenvalue weighted by molar-refractivity contribution is -0.118. The summed E-state index contributed by atoms with van der Waals surface area (Å²) in [4.78, 5) is 12.7. The smallest absolute Gasteiger partial charge is 0.262 e. The maximum Gasteiger partial charge on any atom is 0.262 e. The van der Waals surface area contributed by atoms with Gasteiger partial charge in [-0.2, -0.15) is 4.31 Å². The number of para-hydroxylation sites is 1. The van der Waals surface area contributed by atoms with Crippen LogP contribution in [0.25, 0.3) is 11.1 Å². The van der Waals surface area contributed by atoms with Gasteiger partial charge in [0.2, 0.25) is 10.0 Å². The Balaban J connectivity index is 1.49. The molecular weight excluding hydrogens is 464 g/mol. The van der Waals surface area contributed by atoms with Crippen molar-refractivity contribution in [2.75, 3.05) is 31.6 Å². The summed E-state index contributed by atoms with van der Waals surface area (Å²) in [5.74, 6) is 0.483. The number of carbonyl (C=O) groups is 1. The number of nitrogens with zero attached hydrogens (tertiary/aromatic N) is 1.